The lowest BCUT2D eigenvalue weighted by atomic mass is 9.92. The number of fused-ring (bicyclic) bond motifs is 1. The molecule has 0 radical (unpaired) electrons. The van der Waals surface area contributed by atoms with Crippen LogP contribution in [0, 0.1) is 6.92 Å². The highest BCUT2D eigenvalue weighted by atomic mass is 32.1. The van der Waals surface area contributed by atoms with Gasteiger partial charge in [0.2, 0.25) is 5.13 Å². The first-order valence-corrected chi connectivity index (χ1v) is 11.0. The number of aryl methyl sites for hydroxylation is 1. The number of carbonyl (C=O) groups is 2. The van der Waals surface area contributed by atoms with Crippen LogP contribution in [0.5, 0.6) is 5.75 Å². The van der Waals surface area contributed by atoms with Crippen LogP contribution in [-0.4, -0.2) is 34.1 Å². The van der Waals surface area contributed by atoms with Crippen LogP contribution in [0.2, 0.25) is 0 Å². The van der Waals surface area contributed by atoms with Crippen molar-refractivity contribution in [2.24, 2.45) is 0 Å². The molecule has 1 aromatic heterocycles. The maximum absolute atomic E-state index is 13.3. The quantitative estimate of drug-likeness (QED) is 0.273. The van der Waals surface area contributed by atoms with Crippen LogP contribution in [0.25, 0.3) is 16.5 Å². The molecule has 1 atom stereocenters. The third kappa shape index (κ3) is 3.44. The Kier molecular flexibility index (Phi) is 5.14. The van der Waals surface area contributed by atoms with Gasteiger partial charge in [-0.3, -0.25) is 14.5 Å². The molecule has 0 spiro atoms. The van der Waals surface area contributed by atoms with Gasteiger partial charge in [-0.2, -0.15) is 0 Å². The number of ketones is 1. The van der Waals surface area contributed by atoms with Gasteiger partial charge in [0.05, 0.1) is 18.7 Å². The summed E-state index contributed by atoms with van der Waals surface area (Å²) in [5.74, 6) is -1.16. The average Bonchev–Trinajstić information content (AvgIpc) is 3.38. The Labute approximate surface area is 193 Å². The van der Waals surface area contributed by atoms with Crippen molar-refractivity contribution in [3.05, 3.63) is 88.4 Å². The van der Waals surface area contributed by atoms with Crippen LogP contribution in [0.4, 0.5) is 5.13 Å². The van der Waals surface area contributed by atoms with Gasteiger partial charge >= 0.3 is 5.91 Å². The summed E-state index contributed by atoms with van der Waals surface area (Å²) >= 11 is 1.22. The zero-order valence-electron chi connectivity index (χ0n) is 17.9. The second-order valence-corrected chi connectivity index (χ2v) is 8.73. The third-order valence-electron chi connectivity index (χ3n) is 5.65. The fourth-order valence-corrected chi connectivity index (χ4v) is 4.82. The van der Waals surface area contributed by atoms with Gasteiger partial charge < -0.3 is 9.84 Å². The maximum Gasteiger partial charge on any atom is 0.301 e. The van der Waals surface area contributed by atoms with E-state index in [9.17, 15) is 14.7 Å². The molecule has 4 aromatic rings. The van der Waals surface area contributed by atoms with Crippen LogP contribution in [0.15, 0.2) is 72.3 Å². The molecule has 1 fully saturated rings. The van der Waals surface area contributed by atoms with Gasteiger partial charge in [0.25, 0.3) is 5.78 Å². The maximum atomic E-state index is 13.3. The fourth-order valence-electron chi connectivity index (χ4n) is 4.10. The van der Waals surface area contributed by atoms with E-state index >= 15 is 0 Å². The fraction of sp³-hybridized carbons (Fsp3) is 0.120. The van der Waals surface area contributed by atoms with E-state index in [-0.39, 0.29) is 11.3 Å². The summed E-state index contributed by atoms with van der Waals surface area (Å²) in [7, 11) is 1.55. The molecule has 0 aliphatic carbocycles. The summed E-state index contributed by atoms with van der Waals surface area (Å²) in [6, 6.07) is 19.2. The zero-order chi connectivity index (χ0) is 23.1. The highest BCUT2D eigenvalue weighted by Gasteiger charge is 2.48. The van der Waals surface area contributed by atoms with E-state index in [4.69, 9.17) is 4.74 Å². The van der Waals surface area contributed by atoms with Gasteiger partial charge in [0.1, 0.15) is 16.5 Å². The van der Waals surface area contributed by atoms with Gasteiger partial charge in [0, 0.05) is 5.56 Å². The Bertz CT molecular complexity index is 1420. The molecule has 1 aliphatic heterocycles. The van der Waals surface area contributed by atoms with E-state index in [1.807, 2.05) is 42.5 Å². The van der Waals surface area contributed by atoms with Crippen LogP contribution in [-0.2, 0) is 9.59 Å². The lowest BCUT2D eigenvalue weighted by Gasteiger charge is -2.24. The first-order chi connectivity index (χ1) is 16.0. The van der Waals surface area contributed by atoms with E-state index < -0.39 is 17.7 Å². The second kappa shape index (κ2) is 8.14. The minimum absolute atomic E-state index is 0.00868. The van der Waals surface area contributed by atoms with Crippen molar-refractivity contribution >= 4 is 44.7 Å². The number of aromatic nitrogens is 2. The molecule has 164 valence electrons. The van der Waals surface area contributed by atoms with Crippen LogP contribution in [0.3, 0.4) is 0 Å². The average molecular weight is 458 g/mol. The molecule has 1 amide bonds. The molecule has 0 saturated carbocycles. The number of nitrogens with zero attached hydrogens (tertiary/aromatic N) is 3. The molecule has 2 heterocycles. The molecule has 1 saturated heterocycles. The van der Waals surface area contributed by atoms with Crippen LogP contribution < -0.4 is 9.64 Å². The predicted molar refractivity (Wildman–Crippen MR) is 126 cm³/mol. The highest BCUT2D eigenvalue weighted by molar-refractivity contribution is 7.15. The number of methoxy groups -OCH3 is 1. The van der Waals surface area contributed by atoms with Crippen molar-refractivity contribution in [1.82, 2.24) is 10.2 Å². The molecular formula is C25H19N3O4S. The number of benzene rings is 3. The lowest BCUT2D eigenvalue weighted by molar-refractivity contribution is -0.132. The molecule has 1 aliphatic rings. The summed E-state index contributed by atoms with van der Waals surface area (Å²) < 4.78 is 5.19. The van der Waals surface area contributed by atoms with Gasteiger partial charge in [0.15, 0.2) is 0 Å². The van der Waals surface area contributed by atoms with E-state index in [0.717, 1.165) is 16.3 Å². The number of hydrogen-bond donors (Lipinski definition) is 1. The number of anilines is 1. The Hall–Kier alpha value is -4.04. The Morgan fingerprint density at radius 2 is 1.73 bits per heavy atom. The third-order valence-corrected chi connectivity index (χ3v) is 6.49. The van der Waals surface area contributed by atoms with Crippen molar-refractivity contribution < 1.29 is 19.4 Å². The number of rotatable bonds is 4. The first kappa shape index (κ1) is 20.8. The van der Waals surface area contributed by atoms with E-state index in [1.54, 1.807) is 38.3 Å². The molecule has 1 unspecified atom stereocenters. The zero-order valence-corrected chi connectivity index (χ0v) is 18.7. The Balaban J connectivity index is 1.78. The topological polar surface area (TPSA) is 92.6 Å². The number of aliphatic hydroxyl groups is 1. The predicted octanol–water partition coefficient (Wildman–Crippen LogP) is 4.63. The van der Waals surface area contributed by atoms with Crippen LogP contribution in [0.1, 0.15) is 22.2 Å². The molecule has 3 aromatic carbocycles. The summed E-state index contributed by atoms with van der Waals surface area (Å²) in [6.45, 7) is 1.78. The summed E-state index contributed by atoms with van der Waals surface area (Å²) in [5, 5.41) is 22.2. The normalized spacial score (nSPS) is 17.6. The van der Waals surface area contributed by atoms with Gasteiger partial charge in [-0.25, -0.2) is 0 Å². The SMILES string of the molecule is COc1ccc(C(O)=C2C(=O)C(=O)N(c3nnc(C)s3)C2c2cccc3ccccc23)cc1. The molecule has 5 rings (SSSR count). The number of ether oxygens (including phenoxy) is 1. The molecule has 7 nitrogen and oxygen atoms in total. The first-order valence-electron chi connectivity index (χ1n) is 10.2. The summed E-state index contributed by atoms with van der Waals surface area (Å²) in [6.07, 6.45) is 0. The monoisotopic (exact) mass is 457 g/mol. The molecule has 0 bridgehead atoms. The second-order valence-electron chi connectivity index (χ2n) is 7.57. The minimum Gasteiger partial charge on any atom is -0.507 e. The van der Waals surface area contributed by atoms with Crippen molar-refractivity contribution in [2.45, 2.75) is 13.0 Å². The number of amides is 1. The molecule has 33 heavy (non-hydrogen) atoms. The minimum atomic E-state index is -0.856. The highest BCUT2D eigenvalue weighted by Crippen LogP contribution is 2.44. The van der Waals surface area contributed by atoms with Crippen molar-refractivity contribution in [3.8, 4) is 5.75 Å². The number of Topliss-reactive ketones (excluding diaryl/α,β-unsaturated/α-hetero) is 1. The van der Waals surface area contributed by atoms with E-state index in [1.165, 1.54) is 16.2 Å². The van der Waals surface area contributed by atoms with E-state index in [2.05, 4.69) is 10.2 Å². The van der Waals surface area contributed by atoms with Crippen molar-refractivity contribution in [2.75, 3.05) is 12.0 Å². The standard InChI is InChI=1S/C25H19N3O4S/c1-14-26-27-25(33-14)28-21(19-9-5-7-15-6-3-4-8-18(15)19)20(23(30)24(28)31)22(29)16-10-12-17(32-2)13-11-16/h3-13,21,29H,1-2H3. The smallest absolute Gasteiger partial charge is 0.301 e. The number of carbonyl (C=O) groups excluding carboxylic acids is 2. The van der Waals surface area contributed by atoms with Gasteiger partial charge in [-0.15, -0.1) is 10.2 Å². The van der Waals surface area contributed by atoms with Gasteiger partial charge in [-0.05, 0) is 47.5 Å². The van der Waals surface area contributed by atoms with Crippen LogP contribution >= 0.6 is 11.3 Å². The van der Waals surface area contributed by atoms with Crippen molar-refractivity contribution in [3.63, 3.8) is 0 Å². The Morgan fingerprint density at radius 1 is 1.00 bits per heavy atom. The number of aliphatic hydroxyl groups excluding tert-OH is 1. The van der Waals surface area contributed by atoms with E-state index in [0.29, 0.717) is 21.5 Å². The molecule has 1 N–H and O–H groups in total. The summed E-state index contributed by atoms with van der Waals surface area (Å²) in [4.78, 5) is 27.8. The molecular weight excluding hydrogens is 438 g/mol. The number of hydrogen-bond acceptors (Lipinski definition) is 7. The van der Waals surface area contributed by atoms with Crippen molar-refractivity contribution in [1.29, 1.82) is 0 Å². The molecule has 8 heteroatoms. The largest absolute Gasteiger partial charge is 0.507 e. The summed E-state index contributed by atoms with van der Waals surface area (Å²) in [5.41, 5.74) is 1.14. The van der Waals surface area contributed by atoms with Gasteiger partial charge in [-0.1, -0.05) is 53.8 Å². The Morgan fingerprint density at radius 3 is 2.42 bits per heavy atom. The lowest BCUT2D eigenvalue weighted by Crippen LogP contribution is -2.29.